The van der Waals surface area contributed by atoms with E-state index in [4.69, 9.17) is 11.6 Å². The maximum atomic E-state index is 13.0. The van der Waals surface area contributed by atoms with Gasteiger partial charge in [-0.05, 0) is 42.8 Å². The summed E-state index contributed by atoms with van der Waals surface area (Å²) in [5.74, 6) is -0.250. The van der Waals surface area contributed by atoms with Crippen molar-refractivity contribution in [3.63, 3.8) is 0 Å². The highest BCUT2D eigenvalue weighted by atomic mass is 79.9. The highest BCUT2D eigenvalue weighted by molar-refractivity contribution is 9.10. The van der Waals surface area contributed by atoms with Crippen LogP contribution in [-0.4, -0.2) is 29.4 Å². The number of nitrogens with zero attached hydrogens (tertiary/aromatic N) is 2. The number of rotatable bonds is 3. The molecule has 1 atom stereocenters. The number of hydrogen-bond donors (Lipinski definition) is 0. The lowest BCUT2D eigenvalue weighted by molar-refractivity contribution is -0.123. The summed E-state index contributed by atoms with van der Waals surface area (Å²) in [5.41, 5.74) is 0.540. The van der Waals surface area contributed by atoms with Crippen molar-refractivity contribution in [3.8, 4) is 0 Å². The monoisotopic (exact) mass is 406 g/mol. The van der Waals surface area contributed by atoms with Crippen molar-refractivity contribution < 1.29 is 9.59 Å². The first-order valence-electron chi connectivity index (χ1n) is 7.45. The van der Waals surface area contributed by atoms with E-state index in [9.17, 15) is 9.59 Å². The normalized spacial score (nSPS) is 20.8. The van der Waals surface area contributed by atoms with E-state index in [1.165, 1.54) is 9.80 Å². The SMILES string of the molecule is CN1C(=O)N(c2cccc(Cl)c2)C(=O)C1(C)Cc1ccc(Br)cc1. The number of imide groups is 1. The van der Waals surface area contributed by atoms with Crippen LogP contribution in [0.25, 0.3) is 0 Å². The molecule has 0 aliphatic carbocycles. The zero-order valence-electron chi connectivity index (χ0n) is 13.3. The first-order chi connectivity index (χ1) is 11.3. The van der Waals surface area contributed by atoms with Gasteiger partial charge in [-0.3, -0.25) is 4.79 Å². The van der Waals surface area contributed by atoms with Gasteiger partial charge in [-0.1, -0.05) is 45.7 Å². The Balaban J connectivity index is 1.96. The van der Waals surface area contributed by atoms with Gasteiger partial charge in [0.2, 0.25) is 0 Å². The van der Waals surface area contributed by atoms with Gasteiger partial charge >= 0.3 is 6.03 Å². The summed E-state index contributed by atoms with van der Waals surface area (Å²) in [6.45, 7) is 1.79. The summed E-state index contributed by atoms with van der Waals surface area (Å²) >= 11 is 9.40. The first kappa shape index (κ1) is 17.0. The molecule has 3 rings (SSSR count). The summed E-state index contributed by atoms with van der Waals surface area (Å²) in [6.07, 6.45) is 0.443. The summed E-state index contributed by atoms with van der Waals surface area (Å²) < 4.78 is 0.971. The average molecular weight is 408 g/mol. The number of carbonyl (C=O) groups excluding carboxylic acids is 2. The lowest BCUT2D eigenvalue weighted by Crippen LogP contribution is -2.47. The van der Waals surface area contributed by atoms with Crippen LogP contribution in [0.2, 0.25) is 5.02 Å². The van der Waals surface area contributed by atoms with Gasteiger partial charge in [0, 0.05) is 23.0 Å². The Morgan fingerprint density at radius 3 is 2.42 bits per heavy atom. The molecule has 0 saturated carbocycles. The number of halogens is 2. The van der Waals surface area contributed by atoms with Crippen LogP contribution in [0.5, 0.6) is 0 Å². The molecule has 4 nitrogen and oxygen atoms in total. The second-order valence-electron chi connectivity index (χ2n) is 6.04. The molecule has 1 fully saturated rings. The van der Waals surface area contributed by atoms with Crippen molar-refractivity contribution in [1.29, 1.82) is 0 Å². The summed E-state index contributed by atoms with van der Waals surface area (Å²) in [5, 5.41) is 0.484. The zero-order valence-corrected chi connectivity index (χ0v) is 15.6. The fourth-order valence-electron chi connectivity index (χ4n) is 2.87. The van der Waals surface area contributed by atoms with Crippen molar-refractivity contribution >= 4 is 45.2 Å². The minimum Gasteiger partial charge on any atom is -0.312 e. The molecule has 0 bridgehead atoms. The molecule has 0 radical (unpaired) electrons. The van der Waals surface area contributed by atoms with Crippen molar-refractivity contribution in [2.75, 3.05) is 11.9 Å². The maximum Gasteiger partial charge on any atom is 0.332 e. The molecule has 1 unspecified atom stereocenters. The third-order valence-electron chi connectivity index (χ3n) is 4.41. The molecule has 0 N–H and O–H groups in total. The van der Waals surface area contributed by atoms with Gasteiger partial charge in [-0.2, -0.15) is 0 Å². The van der Waals surface area contributed by atoms with Crippen LogP contribution in [0.1, 0.15) is 12.5 Å². The second kappa shape index (κ2) is 6.22. The van der Waals surface area contributed by atoms with Crippen LogP contribution in [0.15, 0.2) is 53.0 Å². The molecule has 1 aliphatic rings. The molecule has 2 aromatic carbocycles. The third-order valence-corrected chi connectivity index (χ3v) is 5.17. The maximum absolute atomic E-state index is 13.0. The largest absolute Gasteiger partial charge is 0.332 e. The lowest BCUT2D eigenvalue weighted by atomic mass is 9.91. The smallest absolute Gasteiger partial charge is 0.312 e. The summed E-state index contributed by atoms with van der Waals surface area (Å²) in [4.78, 5) is 28.4. The minimum absolute atomic E-state index is 0.250. The van der Waals surface area contributed by atoms with Gasteiger partial charge in [-0.25, -0.2) is 9.69 Å². The molecule has 124 valence electrons. The van der Waals surface area contributed by atoms with Crippen LogP contribution in [0, 0.1) is 0 Å². The molecule has 1 saturated heterocycles. The molecule has 1 heterocycles. The van der Waals surface area contributed by atoms with E-state index in [0.29, 0.717) is 17.1 Å². The number of anilines is 1. The number of urea groups is 1. The number of benzene rings is 2. The summed E-state index contributed by atoms with van der Waals surface area (Å²) in [6, 6.07) is 14.2. The van der Waals surface area contributed by atoms with E-state index in [2.05, 4.69) is 15.9 Å². The van der Waals surface area contributed by atoms with Crippen molar-refractivity contribution in [1.82, 2.24) is 4.90 Å². The van der Waals surface area contributed by atoms with Crippen molar-refractivity contribution in [2.45, 2.75) is 18.9 Å². The van der Waals surface area contributed by atoms with E-state index >= 15 is 0 Å². The predicted molar refractivity (Wildman–Crippen MR) is 98.3 cm³/mol. The van der Waals surface area contributed by atoms with Crippen LogP contribution in [0.3, 0.4) is 0 Å². The molecule has 6 heteroatoms. The Bertz CT molecular complexity index is 809. The molecule has 3 amide bonds. The van der Waals surface area contributed by atoms with Crippen LogP contribution in [0.4, 0.5) is 10.5 Å². The van der Waals surface area contributed by atoms with E-state index in [1.54, 1.807) is 38.2 Å². The van der Waals surface area contributed by atoms with E-state index in [-0.39, 0.29) is 11.9 Å². The number of carbonyl (C=O) groups is 2. The zero-order chi connectivity index (χ0) is 17.5. The number of likely N-dealkylation sites (N-methyl/N-ethyl adjacent to an activating group) is 1. The van der Waals surface area contributed by atoms with E-state index in [1.807, 2.05) is 24.3 Å². The Labute approximate surface area is 154 Å². The van der Waals surface area contributed by atoms with Gasteiger partial charge in [0.1, 0.15) is 5.54 Å². The second-order valence-corrected chi connectivity index (χ2v) is 7.39. The van der Waals surface area contributed by atoms with Gasteiger partial charge in [-0.15, -0.1) is 0 Å². The van der Waals surface area contributed by atoms with E-state index in [0.717, 1.165) is 10.0 Å². The Hall–Kier alpha value is -1.85. The van der Waals surface area contributed by atoms with Crippen LogP contribution < -0.4 is 4.90 Å². The van der Waals surface area contributed by atoms with E-state index < -0.39 is 5.54 Å². The van der Waals surface area contributed by atoms with Gasteiger partial charge in [0.05, 0.1) is 5.69 Å². The Kier molecular flexibility index (Phi) is 4.40. The molecular formula is C18H16BrClN2O2. The summed E-state index contributed by atoms with van der Waals surface area (Å²) in [7, 11) is 1.66. The fraction of sp³-hybridized carbons (Fsp3) is 0.222. The molecule has 1 aliphatic heterocycles. The Morgan fingerprint density at radius 1 is 1.12 bits per heavy atom. The topological polar surface area (TPSA) is 40.6 Å². The molecule has 0 aromatic heterocycles. The molecular weight excluding hydrogens is 392 g/mol. The number of hydrogen-bond acceptors (Lipinski definition) is 2. The van der Waals surface area contributed by atoms with Gasteiger partial charge < -0.3 is 4.90 Å². The Morgan fingerprint density at radius 2 is 1.79 bits per heavy atom. The molecule has 2 aromatic rings. The van der Waals surface area contributed by atoms with Crippen molar-refractivity contribution in [3.05, 3.63) is 63.6 Å². The lowest BCUT2D eigenvalue weighted by Gasteiger charge is -2.28. The van der Waals surface area contributed by atoms with Gasteiger partial charge in [0.25, 0.3) is 5.91 Å². The van der Waals surface area contributed by atoms with Crippen LogP contribution in [-0.2, 0) is 11.2 Å². The molecule has 0 spiro atoms. The highest BCUT2D eigenvalue weighted by Gasteiger charge is 2.53. The highest BCUT2D eigenvalue weighted by Crippen LogP contribution is 2.34. The first-order valence-corrected chi connectivity index (χ1v) is 8.62. The quantitative estimate of drug-likeness (QED) is 0.703. The number of amides is 3. The van der Waals surface area contributed by atoms with Crippen LogP contribution >= 0.6 is 27.5 Å². The van der Waals surface area contributed by atoms with Gasteiger partial charge in [0.15, 0.2) is 0 Å². The predicted octanol–water partition coefficient (Wildman–Crippen LogP) is 4.50. The molecule has 24 heavy (non-hydrogen) atoms. The fourth-order valence-corrected chi connectivity index (χ4v) is 3.32. The average Bonchev–Trinajstić information content (AvgIpc) is 2.71. The standard InChI is InChI=1S/C18H16BrClN2O2/c1-18(11-12-6-8-13(19)9-7-12)16(23)22(17(24)21(18)2)15-5-3-4-14(20)10-15/h3-10H,11H2,1-2H3. The third kappa shape index (κ3) is 2.82. The van der Waals surface area contributed by atoms with Crippen molar-refractivity contribution in [2.24, 2.45) is 0 Å². The minimum atomic E-state index is -0.937.